The number of aromatic hydroxyl groups is 1. The number of halogens is 7. The van der Waals surface area contributed by atoms with Crippen LogP contribution in [0.25, 0.3) is 38.4 Å². The summed E-state index contributed by atoms with van der Waals surface area (Å²) < 4.78 is 88.4. The minimum atomic E-state index is -4.79. The van der Waals surface area contributed by atoms with E-state index in [2.05, 4.69) is 14.8 Å². The molecule has 10 nitrogen and oxygen atoms in total. The molecule has 0 saturated heterocycles. The Bertz CT molecular complexity index is 2470. The van der Waals surface area contributed by atoms with Crippen molar-refractivity contribution in [3.63, 3.8) is 0 Å². The van der Waals surface area contributed by atoms with E-state index in [1.807, 2.05) is 22.6 Å². The summed E-state index contributed by atoms with van der Waals surface area (Å²) in [6, 6.07) is 18.3. The van der Waals surface area contributed by atoms with Crippen molar-refractivity contribution in [2.45, 2.75) is 26.2 Å². The topological polar surface area (TPSA) is 126 Å². The second-order valence-electron chi connectivity index (χ2n) is 10.9. The van der Waals surface area contributed by atoms with Crippen molar-refractivity contribution in [3.8, 4) is 39.8 Å². The number of benzene rings is 2. The monoisotopic (exact) mass is 846 g/mol. The van der Waals surface area contributed by atoms with Gasteiger partial charge in [-0.05, 0) is 84.6 Å². The van der Waals surface area contributed by atoms with Crippen molar-refractivity contribution in [2.24, 2.45) is 0 Å². The Labute approximate surface area is 310 Å². The molecule has 6 aromatic rings. The molecule has 0 bridgehead atoms. The number of nitriles is 1. The Balaban J connectivity index is 0.000000216. The van der Waals surface area contributed by atoms with Gasteiger partial charge >= 0.3 is 12.4 Å². The third kappa shape index (κ3) is 9.49. The molecule has 17 heteroatoms. The fraction of sp³-hybridized carbons (Fsp3) is 0.167. The number of hydrogen-bond acceptors (Lipinski definition) is 7. The number of phenols is 1. The van der Waals surface area contributed by atoms with Crippen LogP contribution in [0, 0.1) is 31.8 Å². The van der Waals surface area contributed by atoms with Gasteiger partial charge in [0.1, 0.15) is 28.9 Å². The number of alkyl halides is 7. The van der Waals surface area contributed by atoms with Gasteiger partial charge in [-0.2, -0.15) is 31.6 Å². The lowest BCUT2D eigenvalue weighted by atomic mass is 10.0. The van der Waals surface area contributed by atoms with Gasteiger partial charge in [-0.15, -0.1) is 0 Å². The summed E-state index contributed by atoms with van der Waals surface area (Å²) in [5.74, 6) is 0.208. The predicted molar refractivity (Wildman–Crippen MR) is 192 cm³/mol. The second kappa shape index (κ2) is 16.6. The zero-order valence-corrected chi connectivity index (χ0v) is 29.7. The van der Waals surface area contributed by atoms with E-state index < -0.39 is 46.0 Å². The number of aromatic nitrogens is 4. The molecule has 0 saturated carbocycles. The molecule has 4 aromatic heterocycles. The summed E-state index contributed by atoms with van der Waals surface area (Å²) in [6.45, 7) is 9.28. The highest BCUT2D eigenvalue weighted by atomic mass is 127. The Morgan fingerprint density at radius 2 is 1.19 bits per heavy atom. The van der Waals surface area contributed by atoms with E-state index in [-0.39, 0.29) is 34.8 Å². The van der Waals surface area contributed by atoms with Gasteiger partial charge in [-0.3, -0.25) is 18.4 Å². The Kier molecular flexibility index (Phi) is 12.5. The fourth-order valence-electron chi connectivity index (χ4n) is 4.87. The molecule has 0 radical (unpaired) electrons. The number of nitrogens with zero attached hydrogens (tertiary/aromatic N) is 6. The maximum absolute atomic E-state index is 13.5. The third-order valence-corrected chi connectivity index (χ3v) is 7.51. The van der Waals surface area contributed by atoms with Gasteiger partial charge in [-0.1, -0.05) is 24.3 Å². The number of phenolic OH excluding ortho intramolecular Hbond substituents is 1. The van der Waals surface area contributed by atoms with Crippen LogP contribution < -0.4 is 15.9 Å². The van der Waals surface area contributed by atoms with Gasteiger partial charge in [0.2, 0.25) is 0 Å². The molecular formula is C36H25F6IN6O4. The van der Waals surface area contributed by atoms with Crippen LogP contribution in [-0.2, 0) is 12.4 Å². The largest absolute Gasteiger partial charge is 0.508 e. The number of pyridine rings is 2. The van der Waals surface area contributed by atoms with Crippen LogP contribution in [0.1, 0.15) is 22.5 Å². The lowest BCUT2D eigenvalue weighted by Crippen LogP contribution is -2.24. The lowest BCUT2D eigenvalue weighted by molar-refractivity contribution is -0.141. The van der Waals surface area contributed by atoms with Crippen molar-refractivity contribution >= 4 is 33.9 Å². The minimum absolute atomic E-state index is 0.0441. The number of fused-ring (bicyclic) bond motifs is 2. The Morgan fingerprint density at radius 3 is 1.55 bits per heavy atom. The molecule has 0 unspecified atom stereocenters. The molecule has 0 fully saturated rings. The molecule has 0 spiro atoms. The van der Waals surface area contributed by atoms with Crippen molar-refractivity contribution in [2.75, 3.05) is 11.2 Å². The van der Waals surface area contributed by atoms with E-state index in [9.17, 15) is 41.0 Å². The molecular weight excluding hydrogens is 821 g/mol. The maximum Gasteiger partial charge on any atom is 0.434 e. The molecule has 0 atom stereocenters. The first kappa shape index (κ1) is 39.8. The average Bonchev–Trinajstić information content (AvgIpc) is 3.11. The molecule has 6 rings (SSSR count). The summed E-state index contributed by atoms with van der Waals surface area (Å²) in [7, 11) is 0. The summed E-state index contributed by atoms with van der Waals surface area (Å²) in [5.41, 5.74) is -3.82. The van der Waals surface area contributed by atoms with Crippen molar-refractivity contribution in [3.05, 3.63) is 140 Å². The molecule has 0 aliphatic carbocycles. The van der Waals surface area contributed by atoms with Crippen LogP contribution in [0.3, 0.4) is 0 Å². The molecule has 53 heavy (non-hydrogen) atoms. The summed E-state index contributed by atoms with van der Waals surface area (Å²) in [4.78, 5) is 35.6. The van der Waals surface area contributed by atoms with Gasteiger partial charge in [0.25, 0.3) is 15.7 Å². The van der Waals surface area contributed by atoms with Crippen LogP contribution in [0.15, 0.2) is 94.8 Å². The summed E-state index contributed by atoms with van der Waals surface area (Å²) in [6.07, 6.45) is -6.77. The van der Waals surface area contributed by atoms with Crippen LogP contribution in [0.2, 0.25) is 0 Å². The van der Waals surface area contributed by atoms with Gasteiger partial charge in [-0.25, -0.2) is 16.5 Å². The number of rotatable bonds is 4. The van der Waals surface area contributed by atoms with Gasteiger partial charge in [0.15, 0.2) is 18.0 Å². The average molecular weight is 847 g/mol. The molecule has 4 heterocycles. The van der Waals surface area contributed by atoms with Crippen molar-refractivity contribution in [1.29, 1.82) is 5.26 Å². The third-order valence-electron chi connectivity index (χ3n) is 7.17. The number of ether oxygens (including phenoxy) is 1. The van der Waals surface area contributed by atoms with E-state index in [4.69, 9.17) is 16.6 Å². The normalized spacial score (nSPS) is 11.1. The minimum Gasteiger partial charge on any atom is -0.508 e. The highest BCUT2D eigenvalue weighted by Gasteiger charge is 2.39. The van der Waals surface area contributed by atoms with E-state index in [1.165, 1.54) is 73.1 Å². The van der Waals surface area contributed by atoms with E-state index in [0.29, 0.717) is 21.4 Å². The maximum atomic E-state index is 13.5. The van der Waals surface area contributed by atoms with Crippen molar-refractivity contribution < 1.29 is 36.2 Å². The van der Waals surface area contributed by atoms with Gasteiger partial charge < -0.3 is 14.7 Å². The van der Waals surface area contributed by atoms with E-state index in [1.54, 1.807) is 32.0 Å². The Hall–Kier alpha value is -5.95. The quantitative estimate of drug-likeness (QED) is 0.0623. The summed E-state index contributed by atoms with van der Waals surface area (Å²) >= 11 is 2.00. The van der Waals surface area contributed by atoms with Crippen LogP contribution >= 0.6 is 22.6 Å². The zero-order valence-electron chi connectivity index (χ0n) is 27.5. The second-order valence-corrected chi connectivity index (χ2v) is 11.6. The highest BCUT2D eigenvalue weighted by molar-refractivity contribution is 14.1. The smallest absolute Gasteiger partial charge is 0.434 e. The molecule has 0 aliphatic rings. The fourth-order valence-corrected chi connectivity index (χ4v) is 4.87. The van der Waals surface area contributed by atoms with E-state index in [0.717, 1.165) is 8.80 Å². The SMILES string of the molecule is Cc1ccn2c(=O)c(-c3ccc(O)cc3)c(C(F)(F)F)nc2c1.Cc1ccn2c(=O)c(-c3ccc(OCC#N)cc3)c(C(F)(F)F)nc2c1.[C-]#[N+]CI. The lowest BCUT2D eigenvalue weighted by Gasteiger charge is -2.14. The van der Waals surface area contributed by atoms with Crippen molar-refractivity contribution in [1.82, 2.24) is 18.8 Å². The first-order chi connectivity index (χ1) is 25.0. The number of hydrogen-bond donors (Lipinski definition) is 1. The molecule has 0 aliphatic heterocycles. The van der Waals surface area contributed by atoms with Crippen LogP contribution in [0.5, 0.6) is 11.5 Å². The molecule has 1 N–H and O–H groups in total. The molecule has 0 amide bonds. The van der Waals surface area contributed by atoms with E-state index >= 15 is 0 Å². The predicted octanol–water partition coefficient (Wildman–Crippen LogP) is 8.28. The van der Waals surface area contributed by atoms with Gasteiger partial charge in [0, 0.05) is 35.0 Å². The first-order valence-corrected chi connectivity index (χ1v) is 16.5. The molecule has 2 aromatic carbocycles. The number of aryl methyl sites for hydroxylation is 2. The zero-order chi connectivity index (χ0) is 39.1. The Morgan fingerprint density at radius 1 is 0.792 bits per heavy atom. The highest BCUT2D eigenvalue weighted by Crippen LogP contribution is 2.36. The first-order valence-electron chi connectivity index (χ1n) is 15.0. The molecule has 272 valence electrons. The standard InChI is InChI=1S/C18H12F3N3O2.C16H11F3N2O2.C2H2IN/c1-11-6-8-24-14(10-11)23-16(18(19,20)21)15(17(24)25)12-2-4-13(5-3-12)26-9-7-22;1-9-6-7-21-12(8-9)20-14(16(17,18)19)13(15(21)23)10-2-4-11(22)5-3-10;1-4-2-3/h2-6,8,10H,9H2,1H3;2-8,22H,1H3;2H2. The van der Waals surface area contributed by atoms with Gasteiger partial charge in [0.05, 0.1) is 11.1 Å². The van der Waals surface area contributed by atoms with Crippen LogP contribution in [-0.4, -0.2) is 35.0 Å². The van der Waals surface area contributed by atoms with Crippen LogP contribution in [0.4, 0.5) is 26.3 Å². The summed E-state index contributed by atoms with van der Waals surface area (Å²) in [5, 5.41) is 17.8.